The van der Waals surface area contributed by atoms with Gasteiger partial charge in [-0.2, -0.15) is 13.2 Å². The predicted octanol–water partition coefficient (Wildman–Crippen LogP) is 7.22. The highest BCUT2D eigenvalue weighted by molar-refractivity contribution is 7.63. The standard InChI is InChI=1S/C19H21ClF3N2O4P/c1-4-5-18(30(2,3)28)24-15-11-13(7-8-16(15)25(26)27)29-17-9-6-12(10-14(17)20)19(21,22)23/h6-11,18,24H,4-5H2,1-3H3. The van der Waals surface area contributed by atoms with Crippen LogP contribution in [0.4, 0.5) is 24.5 Å². The molecule has 1 atom stereocenters. The van der Waals surface area contributed by atoms with E-state index in [4.69, 9.17) is 16.3 Å². The quantitative estimate of drug-likeness (QED) is 0.253. The maximum absolute atomic E-state index is 12.8. The number of ether oxygens (including phenoxy) is 1. The van der Waals surface area contributed by atoms with E-state index in [1.165, 1.54) is 18.2 Å². The van der Waals surface area contributed by atoms with Gasteiger partial charge in [0.15, 0.2) is 0 Å². The van der Waals surface area contributed by atoms with Crippen molar-refractivity contribution in [2.45, 2.75) is 31.7 Å². The first-order chi connectivity index (χ1) is 13.8. The Labute approximate surface area is 176 Å². The minimum atomic E-state index is -4.55. The van der Waals surface area contributed by atoms with Gasteiger partial charge < -0.3 is 14.6 Å². The second kappa shape index (κ2) is 9.27. The molecule has 2 aromatic carbocycles. The average molecular weight is 465 g/mol. The van der Waals surface area contributed by atoms with Gasteiger partial charge in [-0.1, -0.05) is 24.9 Å². The van der Waals surface area contributed by atoms with Crippen molar-refractivity contribution < 1.29 is 27.4 Å². The van der Waals surface area contributed by atoms with E-state index in [1.54, 1.807) is 13.3 Å². The molecule has 0 radical (unpaired) electrons. The zero-order valence-electron chi connectivity index (χ0n) is 16.5. The maximum Gasteiger partial charge on any atom is 0.416 e. The lowest BCUT2D eigenvalue weighted by atomic mass is 10.2. The van der Waals surface area contributed by atoms with Crippen molar-refractivity contribution in [3.63, 3.8) is 0 Å². The summed E-state index contributed by atoms with van der Waals surface area (Å²) < 4.78 is 56.5. The minimum Gasteiger partial charge on any atom is -0.456 e. The van der Waals surface area contributed by atoms with E-state index >= 15 is 0 Å². The molecule has 6 nitrogen and oxygen atoms in total. The summed E-state index contributed by atoms with van der Waals surface area (Å²) in [6, 6.07) is 6.49. The van der Waals surface area contributed by atoms with Gasteiger partial charge in [-0.05, 0) is 44.0 Å². The predicted molar refractivity (Wildman–Crippen MR) is 111 cm³/mol. The molecule has 0 amide bonds. The van der Waals surface area contributed by atoms with Crippen molar-refractivity contribution in [2.75, 3.05) is 18.6 Å². The molecule has 1 unspecified atom stereocenters. The molecule has 1 N–H and O–H groups in total. The van der Waals surface area contributed by atoms with Gasteiger partial charge >= 0.3 is 6.18 Å². The Morgan fingerprint density at radius 2 is 1.90 bits per heavy atom. The summed E-state index contributed by atoms with van der Waals surface area (Å²) in [5.74, 6) is -0.389. The lowest BCUT2D eigenvalue weighted by Gasteiger charge is -2.23. The Kier molecular flexibility index (Phi) is 7.42. The third-order valence-corrected chi connectivity index (χ3v) is 6.47. The molecule has 0 aliphatic rings. The number of rotatable bonds is 8. The van der Waals surface area contributed by atoms with E-state index < -0.39 is 29.6 Å². The number of halogens is 4. The molecule has 0 fully saturated rings. The Morgan fingerprint density at radius 3 is 2.40 bits per heavy atom. The van der Waals surface area contributed by atoms with E-state index in [-0.39, 0.29) is 27.9 Å². The number of hydrogen-bond donors (Lipinski definition) is 1. The number of anilines is 1. The fourth-order valence-corrected chi connectivity index (χ4v) is 4.28. The van der Waals surface area contributed by atoms with Crippen LogP contribution in [0.25, 0.3) is 0 Å². The molecule has 0 aliphatic carbocycles. The van der Waals surface area contributed by atoms with Gasteiger partial charge in [-0.15, -0.1) is 0 Å². The number of alkyl halides is 3. The van der Waals surface area contributed by atoms with Crippen molar-refractivity contribution in [1.29, 1.82) is 0 Å². The molecule has 0 aromatic heterocycles. The molecule has 0 saturated heterocycles. The third kappa shape index (κ3) is 6.12. The smallest absolute Gasteiger partial charge is 0.416 e. The van der Waals surface area contributed by atoms with Crippen LogP contribution < -0.4 is 10.1 Å². The maximum atomic E-state index is 12.8. The Balaban J connectivity index is 2.38. The van der Waals surface area contributed by atoms with Crippen LogP contribution in [0.15, 0.2) is 36.4 Å². The van der Waals surface area contributed by atoms with Crippen LogP contribution in [-0.2, 0) is 10.7 Å². The largest absolute Gasteiger partial charge is 0.456 e. The van der Waals surface area contributed by atoms with Crippen molar-refractivity contribution in [2.24, 2.45) is 0 Å². The van der Waals surface area contributed by atoms with Gasteiger partial charge in [0.2, 0.25) is 0 Å². The molecule has 0 spiro atoms. The van der Waals surface area contributed by atoms with E-state index in [1.807, 2.05) is 6.92 Å². The normalized spacial score (nSPS) is 13.0. The first-order valence-electron chi connectivity index (χ1n) is 8.97. The van der Waals surface area contributed by atoms with Crippen LogP contribution in [0.3, 0.4) is 0 Å². The summed E-state index contributed by atoms with van der Waals surface area (Å²) in [5, 5.41) is 14.1. The molecule has 0 bridgehead atoms. The number of hydrogen-bond acceptors (Lipinski definition) is 5. The van der Waals surface area contributed by atoms with Crippen molar-refractivity contribution in [1.82, 2.24) is 0 Å². The van der Waals surface area contributed by atoms with Crippen LogP contribution in [0, 0.1) is 10.1 Å². The molecular formula is C19H21ClF3N2O4P. The Hall–Kier alpha value is -2.25. The van der Waals surface area contributed by atoms with Crippen LogP contribution in [0.1, 0.15) is 25.3 Å². The molecular weight excluding hydrogens is 444 g/mol. The highest BCUT2D eigenvalue weighted by Gasteiger charge is 2.31. The second-order valence-corrected chi connectivity index (χ2v) is 11.0. The molecule has 30 heavy (non-hydrogen) atoms. The third-order valence-electron chi connectivity index (χ3n) is 4.29. The van der Waals surface area contributed by atoms with Gasteiger partial charge in [-0.25, -0.2) is 0 Å². The fraction of sp³-hybridized carbons (Fsp3) is 0.368. The zero-order chi connectivity index (χ0) is 22.7. The molecule has 11 heteroatoms. The number of nitrogens with zero attached hydrogens (tertiary/aromatic N) is 1. The highest BCUT2D eigenvalue weighted by Crippen LogP contribution is 2.46. The topological polar surface area (TPSA) is 81.5 Å². The van der Waals surface area contributed by atoms with Crippen LogP contribution >= 0.6 is 18.7 Å². The van der Waals surface area contributed by atoms with Gasteiger partial charge in [0.25, 0.3) is 5.69 Å². The zero-order valence-corrected chi connectivity index (χ0v) is 18.1. The van der Waals surface area contributed by atoms with Gasteiger partial charge in [0.1, 0.15) is 24.3 Å². The summed E-state index contributed by atoms with van der Waals surface area (Å²) >= 11 is 5.91. The van der Waals surface area contributed by atoms with Crippen LogP contribution in [0.5, 0.6) is 11.5 Å². The Bertz CT molecular complexity index is 979. The van der Waals surface area contributed by atoms with Crippen molar-refractivity contribution in [3.05, 3.63) is 57.1 Å². The minimum absolute atomic E-state index is 0.0359. The second-order valence-electron chi connectivity index (χ2n) is 7.06. The molecule has 164 valence electrons. The van der Waals surface area contributed by atoms with Gasteiger partial charge in [-0.3, -0.25) is 10.1 Å². The van der Waals surface area contributed by atoms with E-state index in [2.05, 4.69) is 5.32 Å². The highest BCUT2D eigenvalue weighted by atomic mass is 35.5. The summed E-state index contributed by atoms with van der Waals surface area (Å²) in [5.41, 5.74) is -1.06. The Morgan fingerprint density at radius 1 is 1.23 bits per heavy atom. The van der Waals surface area contributed by atoms with E-state index in [0.29, 0.717) is 12.8 Å². The molecule has 2 rings (SSSR count). The molecule has 0 aliphatic heterocycles. The first-order valence-corrected chi connectivity index (χ1v) is 12.0. The van der Waals surface area contributed by atoms with Crippen LogP contribution in [-0.4, -0.2) is 24.0 Å². The van der Waals surface area contributed by atoms with E-state index in [9.17, 15) is 27.9 Å². The SMILES string of the molecule is CCCC(Nc1cc(Oc2ccc(C(F)(F)F)cc2Cl)ccc1[N+](=O)[O-])P(C)(C)=O. The van der Waals surface area contributed by atoms with E-state index in [0.717, 1.165) is 18.2 Å². The van der Waals surface area contributed by atoms with Gasteiger partial charge in [0, 0.05) is 12.1 Å². The first kappa shape index (κ1) is 24.0. The number of nitro groups is 1. The average Bonchev–Trinajstić information content (AvgIpc) is 2.61. The summed E-state index contributed by atoms with van der Waals surface area (Å²) in [6.07, 6.45) is -3.29. The fourth-order valence-electron chi connectivity index (χ4n) is 2.73. The van der Waals surface area contributed by atoms with Crippen molar-refractivity contribution >= 4 is 30.1 Å². The number of benzene rings is 2. The molecule has 0 saturated carbocycles. The van der Waals surface area contributed by atoms with Gasteiger partial charge in [0.05, 0.1) is 21.3 Å². The summed E-state index contributed by atoms with van der Waals surface area (Å²) in [7, 11) is -2.62. The number of nitro benzene ring substituents is 1. The number of nitrogens with one attached hydrogen (secondary N) is 1. The molecule has 2 aromatic rings. The lowest BCUT2D eigenvalue weighted by molar-refractivity contribution is -0.384. The van der Waals surface area contributed by atoms with Crippen LogP contribution in [0.2, 0.25) is 5.02 Å². The van der Waals surface area contributed by atoms with Crippen molar-refractivity contribution in [3.8, 4) is 11.5 Å². The molecule has 0 heterocycles. The lowest BCUT2D eigenvalue weighted by Crippen LogP contribution is -2.19. The summed E-state index contributed by atoms with van der Waals surface area (Å²) in [6.45, 7) is 5.09. The monoisotopic (exact) mass is 464 g/mol. The summed E-state index contributed by atoms with van der Waals surface area (Å²) in [4.78, 5) is 10.8.